The summed E-state index contributed by atoms with van der Waals surface area (Å²) in [5, 5.41) is 0. The van der Waals surface area contributed by atoms with Gasteiger partial charge in [0, 0.05) is 44.1 Å². The number of benzene rings is 1. The third-order valence-electron chi connectivity index (χ3n) is 7.21. The van der Waals surface area contributed by atoms with Crippen LogP contribution in [0.3, 0.4) is 0 Å². The fraction of sp³-hybridized carbons (Fsp3) is 0.357. The van der Waals surface area contributed by atoms with Crippen LogP contribution < -0.4 is 20.1 Å². The van der Waals surface area contributed by atoms with Gasteiger partial charge in [-0.25, -0.2) is 4.98 Å². The Morgan fingerprint density at radius 1 is 1.11 bits per heavy atom. The van der Waals surface area contributed by atoms with Gasteiger partial charge in [-0.05, 0) is 62.2 Å². The fourth-order valence-electron chi connectivity index (χ4n) is 4.81. The van der Waals surface area contributed by atoms with Crippen molar-refractivity contribution in [3.63, 3.8) is 0 Å². The number of nitrogens with zero attached hydrogens (tertiary/aromatic N) is 5. The number of hydrogen-bond acceptors (Lipinski definition) is 8. The molecule has 0 radical (unpaired) electrons. The minimum atomic E-state index is -0.194. The zero-order valence-electron chi connectivity index (χ0n) is 22.0. The first-order chi connectivity index (χ1) is 18.3. The van der Waals surface area contributed by atoms with E-state index >= 15 is 0 Å². The monoisotopic (exact) mass is 549 g/mol. The lowest BCUT2D eigenvalue weighted by Gasteiger charge is -2.37. The largest absolute Gasteiger partial charge is 0.497 e. The van der Waals surface area contributed by atoms with E-state index in [2.05, 4.69) is 21.9 Å². The van der Waals surface area contributed by atoms with Crippen molar-refractivity contribution in [1.29, 1.82) is 0 Å². The number of thioether (sulfide) groups is 1. The summed E-state index contributed by atoms with van der Waals surface area (Å²) in [4.78, 5) is 38.6. The van der Waals surface area contributed by atoms with Crippen molar-refractivity contribution >= 4 is 57.4 Å². The molecule has 0 unspecified atom stereocenters. The molecule has 4 heterocycles. The molecular weight excluding hydrogens is 518 g/mol. The molecule has 10 heteroatoms. The summed E-state index contributed by atoms with van der Waals surface area (Å²) in [5.41, 5.74) is 2.88. The second-order valence-electron chi connectivity index (χ2n) is 9.52. The molecule has 0 spiro atoms. The number of ether oxygens (including phenoxy) is 1. The Hall–Kier alpha value is -3.37. The second kappa shape index (κ2) is 10.8. The minimum Gasteiger partial charge on any atom is -0.497 e. The van der Waals surface area contributed by atoms with E-state index in [9.17, 15) is 9.59 Å². The maximum absolute atomic E-state index is 13.8. The highest BCUT2D eigenvalue weighted by molar-refractivity contribution is 8.26. The van der Waals surface area contributed by atoms with Crippen molar-refractivity contribution in [3.8, 4) is 5.75 Å². The Kier molecular flexibility index (Phi) is 7.45. The van der Waals surface area contributed by atoms with Gasteiger partial charge in [0.05, 0.1) is 17.6 Å². The first-order valence-corrected chi connectivity index (χ1v) is 14.0. The van der Waals surface area contributed by atoms with Crippen LogP contribution in [0.15, 0.2) is 52.3 Å². The molecule has 2 fully saturated rings. The minimum absolute atomic E-state index is 0.00243. The highest BCUT2D eigenvalue weighted by Crippen LogP contribution is 2.35. The van der Waals surface area contributed by atoms with Crippen LogP contribution in [0, 0.1) is 6.92 Å². The van der Waals surface area contributed by atoms with E-state index < -0.39 is 0 Å². The van der Waals surface area contributed by atoms with Crippen molar-refractivity contribution in [1.82, 2.24) is 14.3 Å². The van der Waals surface area contributed by atoms with Crippen molar-refractivity contribution < 1.29 is 9.53 Å². The van der Waals surface area contributed by atoms with Crippen molar-refractivity contribution in [2.24, 2.45) is 0 Å². The standard InChI is InChI=1S/C28H31N5O3S2/c1-5-19(3)33-27(35)23(38-28(33)37)17-22-25(29-24-18(2)7-6-12-32(24)26(22)34)31-15-13-30(14-16-31)20-8-10-21(36-4)11-9-20/h6-12,17,19H,5,13-16H2,1-4H3/b23-17-/t19-/m1/s1. The van der Waals surface area contributed by atoms with Gasteiger partial charge < -0.3 is 14.5 Å². The Bertz CT molecular complexity index is 1480. The van der Waals surface area contributed by atoms with Crippen molar-refractivity contribution in [2.45, 2.75) is 33.2 Å². The Morgan fingerprint density at radius 3 is 2.45 bits per heavy atom. The lowest BCUT2D eigenvalue weighted by atomic mass is 10.1. The maximum Gasteiger partial charge on any atom is 0.267 e. The molecule has 38 heavy (non-hydrogen) atoms. The molecule has 2 aromatic heterocycles. The van der Waals surface area contributed by atoms with Gasteiger partial charge in [-0.15, -0.1) is 0 Å². The zero-order valence-corrected chi connectivity index (χ0v) is 23.6. The quantitative estimate of drug-likeness (QED) is 0.332. The molecule has 1 atom stereocenters. The van der Waals surface area contributed by atoms with E-state index in [-0.39, 0.29) is 17.5 Å². The number of rotatable bonds is 6. The summed E-state index contributed by atoms with van der Waals surface area (Å²) < 4.78 is 7.37. The molecule has 0 N–H and O–H groups in total. The van der Waals surface area contributed by atoms with Gasteiger partial charge in [0.1, 0.15) is 21.5 Å². The molecule has 8 nitrogen and oxygen atoms in total. The predicted octanol–water partition coefficient (Wildman–Crippen LogP) is 4.34. The number of amides is 1. The van der Waals surface area contributed by atoms with Gasteiger partial charge in [-0.1, -0.05) is 37.0 Å². The number of pyridine rings is 1. The fourth-order valence-corrected chi connectivity index (χ4v) is 6.25. The highest BCUT2D eigenvalue weighted by atomic mass is 32.2. The third kappa shape index (κ3) is 4.78. The van der Waals surface area contributed by atoms with E-state index in [1.807, 2.05) is 45.0 Å². The normalized spacial score (nSPS) is 18.1. The lowest BCUT2D eigenvalue weighted by Crippen LogP contribution is -2.47. The molecule has 2 aliphatic rings. The van der Waals surface area contributed by atoms with Crippen LogP contribution in [0.25, 0.3) is 11.7 Å². The van der Waals surface area contributed by atoms with E-state index in [0.29, 0.717) is 39.3 Å². The Balaban J connectivity index is 1.52. The highest BCUT2D eigenvalue weighted by Gasteiger charge is 2.35. The molecule has 0 saturated carbocycles. The SMILES string of the molecule is CC[C@@H](C)N1C(=O)/C(=C/c2c(N3CCN(c4ccc(OC)cc4)CC3)nc3c(C)cccn3c2=O)SC1=S. The first-order valence-electron chi connectivity index (χ1n) is 12.7. The second-order valence-corrected chi connectivity index (χ2v) is 11.2. The van der Waals surface area contributed by atoms with Gasteiger partial charge in [0.25, 0.3) is 11.5 Å². The summed E-state index contributed by atoms with van der Waals surface area (Å²) in [5.74, 6) is 1.28. The van der Waals surface area contributed by atoms with Crippen LogP contribution in [0.4, 0.5) is 11.5 Å². The van der Waals surface area contributed by atoms with Crippen molar-refractivity contribution in [3.05, 3.63) is 69.0 Å². The summed E-state index contributed by atoms with van der Waals surface area (Å²) in [6.07, 6.45) is 4.21. The van der Waals surface area contributed by atoms with Crippen LogP contribution in [0.1, 0.15) is 31.4 Å². The average Bonchev–Trinajstić information content (AvgIpc) is 3.22. The average molecular weight is 550 g/mol. The van der Waals surface area contributed by atoms with Crippen LogP contribution in [-0.4, -0.2) is 63.8 Å². The number of aryl methyl sites for hydroxylation is 1. The number of hydrogen-bond donors (Lipinski definition) is 0. The van der Waals surface area contributed by atoms with Gasteiger partial charge in [-0.3, -0.25) is 18.9 Å². The lowest BCUT2D eigenvalue weighted by molar-refractivity contribution is -0.123. The molecule has 0 aliphatic carbocycles. The van der Waals surface area contributed by atoms with Gasteiger partial charge in [-0.2, -0.15) is 0 Å². The molecular formula is C28H31N5O3S2. The summed E-state index contributed by atoms with van der Waals surface area (Å²) in [7, 11) is 1.66. The maximum atomic E-state index is 13.8. The number of methoxy groups -OCH3 is 1. The molecule has 5 rings (SSSR count). The number of carbonyl (C=O) groups excluding carboxylic acids is 1. The number of aromatic nitrogens is 2. The number of carbonyl (C=O) groups is 1. The Morgan fingerprint density at radius 2 is 1.79 bits per heavy atom. The van der Waals surface area contributed by atoms with Crippen LogP contribution in [0.5, 0.6) is 5.75 Å². The number of piperazine rings is 1. The predicted molar refractivity (Wildman–Crippen MR) is 158 cm³/mol. The van der Waals surface area contributed by atoms with Gasteiger partial charge >= 0.3 is 0 Å². The molecule has 2 aliphatic heterocycles. The first kappa shape index (κ1) is 26.2. The van der Waals surface area contributed by atoms with E-state index in [1.165, 1.54) is 11.8 Å². The van der Waals surface area contributed by atoms with Gasteiger partial charge in [0.2, 0.25) is 0 Å². The smallest absolute Gasteiger partial charge is 0.267 e. The van der Waals surface area contributed by atoms with E-state index in [0.717, 1.165) is 36.5 Å². The molecule has 2 saturated heterocycles. The molecule has 3 aromatic rings. The topological polar surface area (TPSA) is 70.4 Å². The molecule has 1 aromatic carbocycles. The number of fused-ring (bicyclic) bond motifs is 1. The zero-order chi connectivity index (χ0) is 27.0. The summed E-state index contributed by atoms with van der Waals surface area (Å²) >= 11 is 6.77. The van der Waals surface area contributed by atoms with Crippen molar-refractivity contribution in [2.75, 3.05) is 43.1 Å². The van der Waals surface area contributed by atoms with Crippen LogP contribution >= 0.6 is 24.0 Å². The third-order valence-corrected chi connectivity index (χ3v) is 8.54. The summed E-state index contributed by atoms with van der Waals surface area (Å²) in [6.45, 7) is 8.89. The van der Waals surface area contributed by atoms with Crippen LogP contribution in [0.2, 0.25) is 0 Å². The number of thiocarbonyl (C=S) groups is 1. The number of anilines is 2. The van der Waals surface area contributed by atoms with E-state index in [4.69, 9.17) is 21.9 Å². The van der Waals surface area contributed by atoms with Crippen LogP contribution in [-0.2, 0) is 4.79 Å². The summed E-state index contributed by atoms with van der Waals surface area (Å²) in [6, 6.07) is 11.8. The molecule has 0 bridgehead atoms. The Labute approximate surface area is 231 Å². The molecule has 1 amide bonds. The van der Waals surface area contributed by atoms with Gasteiger partial charge in [0.15, 0.2) is 0 Å². The van der Waals surface area contributed by atoms with E-state index in [1.54, 1.807) is 28.7 Å². The molecule has 198 valence electrons.